The van der Waals surface area contributed by atoms with Crippen molar-refractivity contribution in [1.29, 1.82) is 0 Å². The van der Waals surface area contributed by atoms with Crippen LogP contribution in [-0.4, -0.2) is 28.6 Å². The monoisotopic (exact) mass is 235 g/mol. The Hall–Kier alpha value is -2.04. The van der Waals surface area contributed by atoms with Crippen molar-refractivity contribution in [3.05, 3.63) is 24.3 Å². The Labute approximate surface area is 98.3 Å². The van der Waals surface area contributed by atoms with Gasteiger partial charge in [0, 0.05) is 24.7 Å². The van der Waals surface area contributed by atoms with E-state index in [0.29, 0.717) is 12.2 Å². The van der Waals surface area contributed by atoms with Gasteiger partial charge in [0.25, 0.3) is 0 Å². The van der Waals surface area contributed by atoms with E-state index in [2.05, 4.69) is 0 Å². The maximum absolute atomic E-state index is 11.7. The number of carboxylic acids is 1. The first-order valence-corrected chi connectivity index (χ1v) is 5.37. The lowest BCUT2D eigenvalue weighted by molar-refractivity contribution is -0.137. The molecule has 2 N–H and O–H groups in total. The van der Waals surface area contributed by atoms with Crippen LogP contribution in [-0.2, 0) is 9.59 Å². The first-order valence-electron chi connectivity index (χ1n) is 5.37. The molecule has 1 atom stereocenters. The summed E-state index contributed by atoms with van der Waals surface area (Å²) in [4.78, 5) is 23.8. The van der Waals surface area contributed by atoms with E-state index in [1.807, 2.05) is 0 Å². The van der Waals surface area contributed by atoms with Crippen LogP contribution >= 0.6 is 0 Å². The van der Waals surface area contributed by atoms with Crippen LogP contribution < -0.4 is 4.90 Å². The highest BCUT2D eigenvalue weighted by molar-refractivity contribution is 5.96. The fourth-order valence-corrected chi connectivity index (χ4v) is 2.08. The molecule has 0 aliphatic carbocycles. The van der Waals surface area contributed by atoms with E-state index in [9.17, 15) is 14.7 Å². The summed E-state index contributed by atoms with van der Waals surface area (Å²) in [5.41, 5.74) is 0.614. The molecule has 90 valence electrons. The summed E-state index contributed by atoms with van der Waals surface area (Å²) in [6, 6.07) is 6.41. The van der Waals surface area contributed by atoms with Crippen molar-refractivity contribution in [1.82, 2.24) is 0 Å². The molecule has 1 unspecified atom stereocenters. The van der Waals surface area contributed by atoms with Crippen LogP contribution in [0.1, 0.15) is 12.8 Å². The summed E-state index contributed by atoms with van der Waals surface area (Å²) in [5, 5.41) is 18.0. The number of hydrogen-bond donors (Lipinski definition) is 2. The Bertz CT molecular complexity index is 458. The molecule has 1 amide bonds. The lowest BCUT2D eigenvalue weighted by Gasteiger charge is -2.16. The zero-order chi connectivity index (χ0) is 12.4. The van der Waals surface area contributed by atoms with Gasteiger partial charge < -0.3 is 15.1 Å². The molecule has 1 aliphatic heterocycles. The van der Waals surface area contributed by atoms with Crippen molar-refractivity contribution in [2.24, 2.45) is 5.92 Å². The average Bonchev–Trinajstić information content (AvgIpc) is 2.58. The Morgan fingerprint density at radius 2 is 2.24 bits per heavy atom. The summed E-state index contributed by atoms with van der Waals surface area (Å²) < 4.78 is 0. The summed E-state index contributed by atoms with van der Waals surface area (Å²) in [6.07, 6.45) is 0.253. The number of aromatic hydroxyl groups is 1. The molecule has 0 saturated carbocycles. The van der Waals surface area contributed by atoms with Crippen molar-refractivity contribution in [3.63, 3.8) is 0 Å². The van der Waals surface area contributed by atoms with Gasteiger partial charge in [-0.1, -0.05) is 6.07 Å². The van der Waals surface area contributed by atoms with Gasteiger partial charge in [-0.15, -0.1) is 0 Å². The number of benzene rings is 1. The van der Waals surface area contributed by atoms with Gasteiger partial charge in [-0.2, -0.15) is 0 Å². The summed E-state index contributed by atoms with van der Waals surface area (Å²) in [7, 11) is 0. The second-order valence-corrected chi connectivity index (χ2v) is 4.19. The predicted octanol–water partition coefficient (Wildman–Crippen LogP) is 1.22. The van der Waals surface area contributed by atoms with E-state index < -0.39 is 5.97 Å². The Kier molecular flexibility index (Phi) is 2.99. The average molecular weight is 235 g/mol. The third-order valence-electron chi connectivity index (χ3n) is 2.81. The first-order chi connectivity index (χ1) is 8.06. The van der Waals surface area contributed by atoms with Crippen LogP contribution in [0, 0.1) is 5.92 Å². The number of amides is 1. The van der Waals surface area contributed by atoms with Crippen molar-refractivity contribution in [3.8, 4) is 5.75 Å². The molecular formula is C12H13NO4. The topological polar surface area (TPSA) is 77.8 Å². The van der Waals surface area contributed by atoms with E-state index in [4.69, 9.17) is 5.11 Å². The molecule has 0 bridgehead atoms. The molecule has 2 rings (SSSR count). The van der Waals surface area contributed by atoms with Crippen LogP contribution in [0.2, 0.25) is 0 Å². The molecular weight excluding hydrogens is 222 g/mol. The molecule has 1 saturated heterocycles. The van der Waals surface area contributed by atoms with Crippen molar-refractivity contribution >= 4 is 17.6 Å². The Morgan fingerprint density at radius 3 is 2.88 bits per heavy atom. The molecule has 1 heterocycles. The van der Waals surface area contributed by atoms with E-state index in [0.717, 1.165) is 0 Å². The van der Waals surface area contributed by atoms with Gasteiger partial charge in [-0.3, -0.25) is 9.59 Å². The van der Waals surface area contributed by atoms with Crippen LogP contribution in [0.4, 0.5) is 5.69 Å². The molecule has 0 radical (unpaired) electrons. The van der Waals surface area contributed by atoms with E-state index >= 15 is 0 Å². The van der Waals surface area contributed by atoms with Crippen molar-refractivity contribution < 1.29 is 19.8 Å². The number of anilines is 1. The minimum absolute atomic E-state index is 0.00105. The normalized spacial score (nSPS) is 19.6. The quantitative estimate of drug-likeness (QED) is 0.825. The summed E-state index contributed by atoms with van der Waals surface area (Å²) >= 11 is 0. The van der Waals surface area contributed by atoms with E-state index in [1.54, 1.807) is 12.1 Å². The number of rotatable bonds is 3. The third-order valence-corrected chi connectivity index (χ3v) is 2.81. The van der Waals surface area contributed by atoms with E-state index in [1.165, 1.54) is 17.0 Å². The number of carboxylic acid groups (broad SMARTS) is 1. The van der Waals surface area contributed by atoms with Gasteiger partial charge >= 0.3 is 5.97 Å². The highest BCUT2D eigenvalue weighted by atomic mass is 16.4. The van der Waals surface area contributed by atoms with Crippen LogP contribution in [0.25, 0.3) is 0 Å². The maximum Gasteiger partial charge on any atom is 0.303 e. The SMILES string of the molecule is O=C(O)CC1CC(=O)N(c2cccc(O)c2)C1. The van der Waals surface area contributed by atoms with Crippen LogP contribution in [0.15, 0.2) is 24.3 Å². The number of phenolic OH excluding ortho intramolecular Hbond substituents is 1. The van der Waals surface area contributed by atoms with Crippen molar-refractivity contribution in [2.75, 3.05) is 11.4 Å². The number of phenols is 1. The molecule has 5 heteroatoms. The fraction of sp³-hybridized carbons (Fsp3) is 0.333. The van der Waals surface area contributed by atoms with Gasteiger partial charge in [-0.25, -0.2) is 0 Å². The molecule has 1 aromatic rings. The molecule has 0 spiro atoms. The largest absolute Gasteiger partial charge is 0.508 e. The zero-order valence-electron chi connectivity index (χ0n) is 9.17. The van der Waals surface area contributed by atoms with Crippen molar-refractivity contribution in [2.45, 2.75) is 12.8 Å². The van der Waals surface area contributed by atoms with Crippen LogP contribution in [0.5, 0.6) is 5.75 Å². The first kappa shape index (κ1) is 11.4. The number of hydrogen-bond acceptors (Lipinski definition) is 3. The maximum atomic E-state index is 11.7. The van der Waals surface area contributed by atoms with Crippen LogP contribution in [0.3, 0.4) is 0 Å². The molecule has 1 aliphatic rings. The molecule has 0 aromatic heterocycles. The number of nitrogens with zero attached hydrogens (tertiary/aromatic N) is 1. The van der Waals surface area contributed by atoms with Gasteiger partial charge in [0.1, 0.15) is 5.75 Å². The highest BCUT2D eigenvalue weighted by Crippen LogP contribution is 2.28. The molecule has 1 fully saturated rings. The number of carbonyl (C=O) groups is 2. The lowest BCUT2D eigenvalue weighted by Crippen LogP contribution is -2.24. The zero-order valence-corrected chi connectivity index (χ0v) is 9.17. The second kappa shape index (κ2) is 4.45. The highest BCUT2D eigenvalue weighted by Gasteiger charge is 2.31. The fourth-order valence-electron chi connectivity index (χ4n) is 2.08. The Balaban J connectivity index is 2.13. The number of carbonyl (C=O) groups excluding carboxylic acids is 1. The molecule has 5 nitrogen and oxygen atoms in total. The number of aliphatic carboxylic acids is 1. The third kappa shape index (κ3) is 2.55. The smallest absolute Gasteiger partial charge is 0.303 e. The van der Waals surface area contributed by atoms with Gasteiger partial charge in [0.2, 0.25) is 5.91 Å². The van der Waals surface area contributed by atoms with E-state index in [-0.39, 0.29) is 30.4 Å². The standard InChI is InChI=1S/C12H13NO4/c14-10-3-1-2-9(6-10)13-7-8(4-11(13)15)5-12(16)17/h1-3,6,8,14H,4-5,7H2,(H,16,17). The van der Waals surface area contributed by atoms with Gasteiger partial charge in [0.15, 0.2) is 0 Å². The predicted molar refractivity (Wildman–Crippen MR) is 60.8 cm³/mol. The second-order valence-electron chi connectivity index (χ2n) is 4.19. The Morgan fingerprint density at radius 1 is 1.47 bits per heavy atom. The summed E-state index contributed by atoms with van der Waals surface area (Å²) in [6.45, 7) is 0.397. The lowest BCUT2D eigenvalue weighted by atomic mass is 10.1. The van der Waals surface area contributed by atoms with Gasteiger partial charge in [0.05, 0.1) is 6.42 Å². The summed E-state index contributed by atoms with van der Waals surface area (Å²) in [5.74, 6) is -1.04. The minimum atomic E-state index is -0.888. The van der Waals surface area contributed by atoms with Gasteiger partial charge in [-0.05, 0) is 18.1 Å². The molecule has 1 aromatic carbocycles. The molecule has 17 heavy (non-hydrogen) atoms. The minimum Gasteiger partial charge on any atom is -0.508 e.